The van der Waals surface area contributed by atoms with Crippen molar-refractivity contribution in [2.75, 3.05) is 32.7 Å². The Bertz CT molecular complexity index is 892. The molecule has 1 aliphatic heterocycles. The van der Waals surface area contributed by atoms with Gasteiger partial charge in [0.15, 0.2) is 5.58 Å². The molecule has 0 saturated carbocycles. The van der Waals surface area contributed by atoms with Crippen LogP contribution in [-0.4, -0.2) is 53.4 Å². The van der Waals surface area contributed by atoms with Gasteiger partial charge in [-0.05, 0) is 24.1 Å². The van der Waals surface area contributed by atoms with E-state index in [4.69, 9.17) is 4.42 Å². The predicted octanol–water partition coefficient (Wildman–Crippen LogP) is 3.23. The average molecular weight is 361 g/mol. The van der Waals surface area contributed by atoms with Crippen molar-refractivity contribution in [1.82, 2.24) is 14.8 Å². The van der Waals surface area contributed by atoms with Gasteiger partial charge in [0.2, 0.25) is 11.8 Å². The molecule has 2 aromatic carbocycles. The Hall–Kier alpha value is -2.92. The number of rotatable bonds is 5. The van der Waals surface area contributed by atoms with Crippen molar-refractivity contribution in [3.8, 4) is 0 Å². The minimum Gasteiger partial charge on any atom is -0.437 e. The second kappa shape index (κ2) is 8.18. The Balaban J connectivity index is 1.27. The maximum atomic E-state index is 12.4. The van der Waals surface area contributed by atoms with Crippen molar-refractivity contribution >= 4 is 23.1 Å². The molecule has 0 N–H and O–H groups in total. The van der Waals surface area contributed by atoms with E-state index in [1.807, 2.05) is 35.2 Å². The van der Waals surface area contributed by atoms with Gasteiger partial charge in [0.1, 0.15) is 5.52 Å². The number of para-hydroxylation sites is 2. The number of hydrogen-bond acceptors (Lipinski definition) is 4. The summed E-state index contributed by atoms with van der Waals surface area (Å²) < 4.78 is 5.62. The van der Waals surface area contributed by atoms with Crippen molar-refractivity contribution in [1.29, 1.82) is 0 Å². The number of oxazole rings is 1. The quantitative estimate of drug-likeness (QED) is 0.655. The Morgan fingerprint density at radius 1 is 1.00 bits per heavy atom. The molecule has 0 unspecified atom stereocenters. The molecular weight excluding hydrogens is 338 g/mol. The minimum atomic E-state index is 0.0139. The third-order valence-corrected chi connectivity index (χ3v) is 4.92. The van der Waals surface area contributed by atoms with Gasteiger partial charge < -0.3 is 9.32 Å². The van der Waals surface area contributed by atoms with Gasteiger partial charge in [-0.1, -0.05) is 42.5 Å². The highest BCUT2D eigenvalue weighted by Crippen LogP contribution is 2.15. The summed E-state index contributed by atoms with van der Waals surface area (Å²) in [5.41, 5.74) is 2.89. The number of benzene rings is 2. The molecule has 5 nitrogen and oxygen atoms in total. The van der Waals surface area contributed by atoms with Crippen molar-refractivity contribution in [3.63, 3.8) is 0 Å². The second-order valence-electron chi connectivity index (χ2n) is 6.76. The third-order valence-electron chi connectivity index (χ3n) is 4.92. The van der Waals surface area contributed by atoms with Crippen LogP contribution in [0.5, 0.6) is 0 Å². The first-order valence-corrected chi connectivity index (χ1v) is 9.37. The predicted molar refractivity (Wildman–Crippen MR) is 106 cm³/mol. The number of aromatic nitrogens is 1. The molecular formula is C22H23N3O2. The van der Waals surface area contributed by atoms with E-state index in [0.717, 1.165) is 50.2 Å². The topological polar surface area (TPSA) is 49.6 Å². The van der Waals surface area contributed by atoms with Crippen LogP contribution in [0.3, 0.4) is 0 Å². The van der Waals surface area contributed by atoms with Gasteiger partial charge in [-0.15, -0.1) is 0 Å². The molecule has 3 aromatic rings. The van der Waals surface area contributed by atoms with E-state index in [-0.39, 0.29) is 5.91 Å². The van der Waals surface area contributed by atoms with E-state index in [2.05, 4.69) is 34.1 Å². The van der Waals surface area contributed by atoms with Crippen LogP contribution in [0.25, 0.3) is 17.2 Å². The standard InChI is InChI=1S/C22H23N3O2/c26-22(11-10-21-23-19-8-4-5-9-20(19)27-21)25-16-14-24(15-17-25)13-12-18-6-2-1-3-7-18/h1-11H,12-17H2/b11-10+. The van der Waals surface area contributed by atoms with Gasteiger partial charge in [0, 0.05) is 44.9 Å². The van der Waals surface area contributed by atoms with Crippen LogP contribution in [0, 0.1) is 0 Å². The molecule has 2 heterocycles. The van der Waals surface area contributed by atoms with Crippen LogP contribution in [-0.2, 0) is 11.2 Å². The lowest BCUT2D eigenvalue weighted by Crippen LogP contribution is -2.48. The first-order chi connectivity index (χ1) is 13.3. The Kier molecular flexibility index (Phi) is 5.30. The molecule has 0 spiro atoms. The first-order valence-electron chi connectivity index (χ1n) is 9.37. The zero-order chi connectivity index (χ0) is 18.5. The smallest absolute Gasteiger partial charge is 0.246 e. The fourth-order valence-electron chi connectivity index (χ4n) is 3.33. The van der Waals surface area contributed by atoms with Crippen LogP contribution in [0.1, 0.15) is 11.5 Å². The average Bonchev–Trinajstić information content (AvgIpc) is 3.15. The van der Waals surface area contributed by atoms with Crippen LogP contribution in [0.15, 0.2) is 65.1 Å². The summed E-state index contributed by atoms with van der Waals surface area (Å²) in [5.74, 6) is 0.478. The van der Waals surface area contributed by atoms with Gasteiger partial charge in [-0.25, -0.2) is 4.98 Å². The highest BCUT2D eigenvalue weighted by molar-refractivity contribution is 5.91. The number of carbonyl (C=O) groups is 1. The fraction of sp³-hybridized carbons (Fsp3) is 0.273. The Labute approximate surface area is 158 Å². The molecule has 1 aliphatic rings. The van der Waals surface area contributed by atoms with E-state index in [9.17, 15) is 4.79 Å². The second-order valence-corrected chi connectivity index (χ2v) is 6.76. The zero-order valence-electron chi connectivity index (χ0n) is 15.3. The first kappa shape index (κ1) is 17.5. The summed E-state index contributed by atoms with van der Waals surface area (Å²) in [6.07, 6.45) is 4.26. The third kappa shape index (κ3) is 4.44. The molecule has 1 aromatic heterocycles. The molecule has 0 atom stereocenters. The van der Waals surface area contributed by atoms with Crippen molar-refractivity contribution < 1.29 is 9.21 Å². The Morgan fingerprint density at radius 2 is 1.74 bits per heavy atom. The molecule has 4 rings (SSSR count). The lowest BCUT2D eigenvalue weighted by Gasteiger charge is -2.34. The van der Waals surface area contributed by atoms with Gasteiger partial charge in [-0.2, -0.15) is 0 Å². The summed E-state index contributed by atoms with van der Waals surface area (Å²) in [7, 11) is 0. The van der Waals surface area contributed by atoms with Gasteiger partial charge >= 0.3 is 0 Å². The number of amides is 1. The number of piperazine rings is 1. The highest BCUT2D eigenvalue weighted by Gasteiger charge is 2.19. The van der Waals surface area contributed by atoms with Crippen LogP contribution < -0.4 is 0 Å². The molecule has 0 radical (unpaired) electrons. The van der Waals surface area contributed by atoms with E-state index in [1.54, 1.807) is 12.2 Å². The van der Waals surface area contributed by atoms with E-state index < -0.39 is 0 Å². The molecule has 1 fully saturated rings. The number of nitrogens with zero attached hydrogens (tertiary/aromatic N) is 3. The minimum absolute atomic E-state index is 0.0139. The summed E-state index contributed by atoms with van der Waals surface area (Å²) in [5, 5.41) is 0. The van der Waals surface area contributed by atoms with Gasteiger partial charge in [0.05, 0.1) is 0 Å². The van der Waals surface area contributed by atoms with Gasteiger partial charge in [-0.3, -0.25) is 9.69 Å². The monoisotopic (exact) mass is 361 g/mol. The number of fused-ring (bicyclic) bond motifs is 1. The summed E-state index contributed by atoms with van der Waals surface area (Å²) >= 11 is 0. The molecule has 0 aliphatic carbocycles. The maximum Gasteiger partial charge on any atom is 0.246 e. The summed E-state index contributed by atoms with van der Waals surface area (Å²) in [4.78, 5) is 21.1. The summed E-state index contributed by atoms with van der Waals surface area (Å²) in [6.45, 7) is 4.37. The fourth-order valence-corrected chi connectivity index (χ4v) is 3.33. The van der Waals surface area contributed by atoms with E-state index >= 15 is 0 Å². The molecule has 27 heavy (non-hydrogen) atoms. The molecule has 0 bridgehead atoms. The Morgan fingerprint density at radius 3 is 2.52 bits per heavy atom. The van der Waals surface area contributed by atoms with Crippen molar-refractivity contribution in [3.05, 3.63) is 72.1 Å². The van der Waals surface area contributed by atoms with E-state index in [0.29, 0.717) is 5.89 Å². The normalized spacial score (nSPS) is 15.6. The van der Waals surface area contributed by atoms with Crippen molar-refractivity contribution in [2.24, 2.45) is 0 Å². The zero-order valence-corrected chi connectivity index (χ0v) is 15.3. The molecule has 1 saturated heterocycles. The largest absolute Gasteiger partial charge is 0.437 e. The van der Waals surface area contributed by atoms with Crippen LogP contribution in [0.2, 0.25) is 0 Å². The number of carbonyl (C=O) groups excluding carboxylic acids is 1. The van der Waals surface area contributed by atoms with Crippen molar-refractivity contribution in [2.45, 2.75) is 6.42 Å². The molecule has 1 amide bonds. The highest BCUT2D eigenvalue weighted by atomic mass is 16.3. The maximum absolute atomic E-state index is 12.4. The van der Waals surface area contributed by atoms with E-state index in [1.165, 1.54) is 5.56 Å². The SMILES string of the molecule is O=C(/C=C/c1nc2ccccc2o1)N1CCN(CCc2ccccc2)CC1. The van der Waals surface area contributed by atoms with Gasteiger partial charge in [0.25, 0.3) is 0 Å². The van der Waals surface area contributed by atoms with Crippen LogP contribution >= 0.6 is 0 Å². The molecule has 5 heteroatoms. The lowest BCUT2D eigenvalue weighted by atomic mass is 10.1. The summed E-state index contributed by atoms with van der Waals surface area (Å²) in [6, 6.07) is 18.1. The van der Waals surface area contributed by atoms with Crippen LogP contribution in [0.4, 0.5) is 0 Å². The number of hydrogen-bond donors (Lipinski definition) is 0. The lowest BCUT2D eigenvalue weighted by molar-refractivity contribution is -0.127. The molecule has 138 valence electrons.